The number of nitrogens with zero attached hydrogens (tertiary/aromatic N) is 5. The van der Waals surface area contributed by atoms with E-state index in [0.717, 1.165) is 27.5 Å². The van der Waals surface area contributed by atoms with E-state index in [1.807, 2.05) is 24.3 Å². The molecular weight excluding hydrogens is 503 g/mol. The van der Waals surface area contributed by atoms with Gasteiger partial charge in [0, 0.05) is 60.2 Å². The summed E-state index contributed by atoms with van der Waals surface area (Å²) in [6, 6.07) is 14.2. The van der Waals surface area contributed by atoms with Crippen LogP contribution in [0.2, 0.25) is 0 Å². The van der Waals surface area contributed by atoms with Crippen LogP contribution in [-0.2, 0) is 6.54 Å². The molecular formula is C29H22F3N7. The van der Waals surface area contributed by atoms with Crippen LogP contribution in [0.1, 0.15) is 12.0 Å². The van der Waals surface area contributed by atoms with E-state index in [1.54, 1.807) is 47.9 Å². The lowest BCUT2D eigenvalue weighted by molar-refractivity contribution is 0.0115. The highest BCUT2D eigenvalue weighted by Crippen LogP contribution is 2.35. The second kappa shape index (κ2) is 9.02. The molecule has 7 rings (SSSR count). The number of hydrogen-bond donors (Lipinski definition) is 2. The Labute approximate surface area is 220 Å². The van der Waals surface area contributed by atoms with Crippen molar-refractivity contribution in [1.82, 2.24) is 35.0 Å². The minimum Gasteiger partial charge on any atom is -0.352 e. The molecule has 0 aliphatic carbocycles. The highest BCUT2D eigenvalue weighted by molar-refractivity contribution is 6.00. The summed E-state index contributed by atoms with van der Waals surface area (Å²) in [5.74, 6) is -2.95. The summed E-state index contributed by atoms with van der Waals surface area (Å²) < 4.78 is 41.8. The molecule has 10 heteroatoms. The molecule has 1 saturated heterocycles. The monoisotopic (exact) mass is 525 g/mol. The van der Waals surface area contributed by atoms with Crippen LogP contribution >= 0.6 is 0 Å². The Morgan fingerprint density at radius 2 is 1.79 bits per heavy atom. The molecule has 1 aliphatic heterocycles. The van der Waals surface area contributed by atoms with Gasteiger partial charge < -0.3 is 4.98 Å². The fraction of sp³-hybridized carbons (Fsp3) is 0.172. The summed E-state index contributed by atoms with van der Waals surface area (Å²) in [6.45, 7) is 0.528. The van der Waals surface area contributed by atoms with Crippen molar-refractivity contribution in [3.63, 3.8) is 0 Å². The molecule has 39 heavy (non-hydrogen) atoms. The Morgan fingerprint density at radius 3 is 2.64 bits per heavy atom. The molecule has 5 aromatic heterocycles. The van der Waals surface area contributed by atoms with Gasteiger partial charge in [-0.15, -0.1) is 0 Å². The van der Waals surface area contributed by atoms with Crippen molar-refractivity contribution in [2.45, 2.75) is 18.9 Å². The normalized spacial score (nSPS) is 15.5. The SMILES string of the molecule is Fc1ccccc1-c1cncc2[nH]c(-c3n[nH]c4ccc(-c5cncc(CN6CCC(F)(F)C6)c5)nc34)cc12. The standard InChI is InChI=1S/C29H22F3N7/c30-22-4-2-1-3-19(22)21-13-34-14-26-20(21)10-25(35-26)28-27-24(37-38-28)6-5-23(36-27)18-9-17(11-33-12-18)15-39-8-7-29(31,32)16-39/h1-6,9-14,35H,7-8,15-16H2,(H,37,38). The fourth-order valence-corrected chi connectivity index (χ4v) is 5.23. The fourth-order valence-electron chi connectivity index (χ4n) is 5.23. The third kappa shape index (κ3) is 4.32. The lowest BCUT2D eigenvalue weighted by Crippen LogP contribution is -2.24. The van der Waals surface area contributed by atoms with Gasteiger partial charge in [0.25, 0.3) is 5.92 Å². The van der Waals surface area contributed by atoms with E-state index in [-0.39, 0.29) is 18.8 Å². The Hall–Kier alpha value is -4.57. The first-order valence-corrected chi connectivity index (χ1v) is 12.6. The number of aromatic amines is 2. The number of hydrogen-bond acceptors (Lipinski definition) is 5. The molecule has 0 saturated carbocycles. The van der Waals surface area contributed by atoms with Crippen LogP contribution in [0.5, 0.6) is 0 Å². The number of alkyl halides is 2. The molecule has 1 fully saturated rings. The van der Waals surface area contributed by atoms with Crippen LogP contribution < -0.4 is 0 Å². The smallest absolute Gasteiger partial charge is 0.261 e. The lowest BCUT2D eigenvalue weighted by atomic mass is 10.0. The summed E-state index contributed by atoms with van der Waals surface area (Å²) in [7, 11) is 0. The van der Waals surface area contributed by atoms with Crippen LogP contribution in [0.25, 0.3) is 55.7 Å². The topological polar surface area (TPSA) is 86.4 Å². The van der Waals surface area contributed by atoms with Gasteiger partial charge in [-0.3, -0.25) is 20.0 Å². The first-order chi connectivity index (χ1) is 18.9. The van der Waals surface area contributed by atoms with Crippen molar-refractivity contribution in [1.29, 1.82) is 0 Å². The van der Waals surface area contributed by atoms with Crippen LogP contribution in [0.15, 0.2) is 73.3 Å². The van der Waals surface area contributed by atoms with E-state index >= 15 is 0 Å². The first-order valence-electron chi connectivity index (χ1n) is 12.6. The third-order valence-corrected chi connectivity index (χ3v) is 7.12. The maximum Gasteiger partial charge on any atom is 0.261 e. The van der Waals surface area contributed by atoms with Crippen LogP contribution in [0.3, 0.4) is 0 Å². The minimum atomic E-state index is -2.63. The Morgan fingerprint density at radius 1 is 0.923 bits per heavy atom. The van der Waals surface area contributed by atoms with Gasteiger partial charge in [0.1, 0.15) is 17.0 Å². The van der Waals surface area contributed by atoms with E-state index in [1.165, 1.54) is 6.07 Å². The summed E-state index contributed by atoms with van der Waals surface area (Å²) in [5.41, 5.74) is 6.97. The van der Waals surface area contributed by atoms with Gasteiger partial charge in [-0.25, -0.2) is 18.2 Å². The zero-order valence-corrected chi connectivity index (χ0v) is 20.6. The van der Waals surface area contributed by atoms with Crippen LogP contribution in [-0.4, -0.2) is 54.0 Å². The molecule has 0 spiro atoms. The van der Waals surface area contributed by atoms with Gasteiger partial charge in [-0.2, -0.15) is 5.10 Å². The Kier molecular flexibility index (Phi) is 5.44. The summed E-state index contributed by atoms with van der Waals surface area (Å²) in [6.07, 6.45) is 6.65. The van der Waals surface area contributed by atoms with E-state index in [0.29, 0.717) is 46.8 Å². The lowest BCUT2D eigenvalue weighted by Gasteiger charge is -2.15. The van der Waals surface area contributed by atoms with Gasteiger partial charge in [0.05, 0.1) is 35.2 Å². The zero-order valence-electron chi connectivity index (χ0n) is 20.6. The third-order valence-electron chi connectivity index (χ3n) is 7.12. The van der Waals surface area contributed by atoms with Gasteiger partial charge in [0.15, 0.2) is 0 Å². The summed E-state index contributed by atoms with van der Waals surface area (Å²) >= 11 is 0. The molecule has 0 atom stereocenters. The average Bonchev–Trinajstić information content (AvgIpc) is 3.64. The number of pyridine rings is 3. The highest BCUT2D eigenvalue weighted by atomic mass is 19.3. The second-order valence-corrected chi connectivity index (χ2v) is 9.87. The largest absolute Gasteiger partial charge is 0.352 e. The molecule has 0 amide bonds. The minimum absolute atomic E-state index is 0.118. The zero-order chi connectivity index (χ0) is 26.6. The number of fused-ring (bicyclic) bond motifs is 2. The van der Waals surface area contributed by atoms with Crippen molar-refractivity contribution < 1.29 is 13.2 Å². The maximum absolute atomic E-state index is 14.6. The highest BCUT2D eigenvalue weighted by Gasteiger charge is 2.37. The first kappa shape index (κ1) is 23.5. The van der Waals surface area contributed by atoms with E-state index < -0.39 is 5.92 Å². The quantitative estimate of drug-likeness (QED) is 0.280. The predicted molar refractivity (Wildman–Crippen MR) is 142 cm³/mol. The van der Waals surface area contributed by atoms with Crippen molar-refractivity contribution >= 4 is 21.9 Å². The Bertz CT molecular complexity index is 1840. The number of halogens is 3. The van der Waals surface area contributed by atoms with Crippen molar-refractivity contribution in [3.05, 3.63) is 84.7 Å². The van der Waals surface area contributed by atoms with E-state index in [9.17, 15) is 13.2 Å². The molecule has 1 aromatic carbocycles. The predicted octanol–water partition coefficient (Wildman–Crippen LogP) is 6.21. The number of likely N-dealkylation sites (tertiary alicyclic amines) is 1. The summed E-state index contributed by atoms with van der Waals surface area (Å²) in [5, 5.41) is 8.36. The average molecular weight is 526 g/mol. The van der Waals surface area contributed by atoms with Gasteiger partial charge in [-0.1, -0.05) is 18.2 Å². The summed E-state index contributed by atoms with van der Waals surface area (Å²) in [4.78, 5) is 18.6. The number of rotatable bonds is 5. The molecule has 1 aliphatic rings. The molecule has 6 aromatic rings. The molecule has 2 N–H and O–H groups in total. The van der Waals surface area contributed by atoms with E-state index in [4.69, 9.17) is 4.98 Å². The van der Waals surface area contributed by atoms with E-state index in [2.05, 4.69) is 25.1 Å². The molecule has 7 nitrogen and oxygen atoms in total. The number of benzene rings is 1. The second-order valence-electron chi connectivity index (χ2n) is 9.87. The van der Waals surface area contributed by atoms with Crippen molar-refractivity contribution in [2.24, 2.45) is 0 Å². The van der Waals surface area contributed by atoms with Crippen LogP contribution in [0, 0.1) is 5.82 Å². The van der Waals surface area contributed by atoms with Gasteiger partial charge in [-0.05, 0) is 35.9 Å². The molecule has 0 radical (unpaired) electrons. The van der Waals surface area contributed by atoms with Crippen molar-refractivity contribution in [2.75, 3.05) is 13.1 Å². The van der Waals surface area contributed by atoms with Crippen LogP contribution in [0.4, 0.5) is 13.2 Å². The van der Waals surface area contributed by atoms with Gasteiger partial charge in [0.2, 0.25) is 0 Å². The molecule has 6 heterocycles. The van der Waals surface area contributed by atoms with Gasteiger partial charge >= 0.3 is 0 Å². The maximum atomic E-state index is 14.6. The molecule has 0 unspecified atom stereocenters. The number of aromatic nitrogens is 6. The number of nitrogens with one attached hydrogen (secondary N) is 2. The molecule has 194 valence electrons. The Balaban J connectivity index is 1.25. The number of H-pyrrole nitrogens is 2. The van der Waals surface area contributed by atoms with Crippen molar-refractivity contribution in [3.8, 4) is 33.8 Å². The molecule has 0 bridgehead atoms.